The molecule has 0 saturated heterocycles. The summed E-state index contributed by atoms with van der Waals surface area (Å²) in [5.41, 5.74) is -0.619. The van der Waals surface area contributed by atoms with Gasteiger partial charge in [-0.25, -0.2) is 13.2 Å². The van der Waals surface area contributed by atoms with Gasteiger partial charge in [-0.15, -0.1) is 11.8 Å². The highest BCUT2D eigenvalue weighted by Crippen LogP contribution is 2.32. The number of benzene rings is 2. The van der Waals surface area contributed by atoms with Gasteiger partial charge < -0.3 is 9.15 Å². The predicted octanol–water partition coefficient (Wildman–Crippen LogP) is 5.29. The maximum atomic E-state index is 13.6. The quantitative estimate of drug-likeness (QED) is 0.278. The fourth-order valence-corrected chi connectivity index (χ4v) is 2.86. The van der Waals surface area contributed by atoms with Crippen LogP contribution < -0.4 is 4.74 Å². The minimum Gasteiger partial charge on any atom is -0.497 e. The summed E-state index contributed by atoms with van der Waals surface area (Å²) in [5.74, 6) is -5.54. The van der Waals surface area contributed by atoms with Crippen LogP contribution in [0.4, 0.5) is 17.6 Å². The molecule has 1 aromatic heterocycles. The van der Waals surface area contributed by atoms with E-state index in [1.165, 1.54) is 17.8 Å². The molecule has 0 atom stereocenters. The summed E-state index contributed by atoms with van der Waals surface area (Å²) in [7, 11) is 1.55. The van der Waals surface area contributed by atoms with Crippen molar-refractivity contribution in [2.75, 3.05) is 7.11 Å². The van der Waals surface area contributed by atoms with Crippen molar-refractivity contribution in [3.63, 3.8) is 0 Å². The fourth-order valence-electron chi connectivity index (χ4n) is 2.08. The molecular weight excluding hydrogens is 332 g/mol. The number of hydrogen-bond donors (Lipinski definition) is 0. The number of thioether (sulfide) groups is 1. The molecule has 7 heteroatoms. The van der Waals surface area contributed by atoms with Crippen LogP contribution in [0.25, 0.3) is 11.0 Å². The molecule has 0 aliphatic rings. The third-order valence-corrected chi connectivity index (χ3v) is 4.27. The number of furan rings is 1. The summed E-state index contributed by atoms with van der Waals surface area (Å²) in [6, 6.07) is 8.34. The van der Waals surface area contributed by atoms with Gasteiger partial charge in [-0.05, 0) is 30.3 Å². The molecule has 23 heavy (non-hydrogen) atoms. The minimum atomic E-state index is -1.88. The average Bonchev–Trinajstić information content (AvgIpc) is 3.01. The monoisotopic (exact) mass is 342 g/mol. The zero-order valence-corrected chi connectivity index (χ0v) is 12.6. The lowest BCUT2D eigenvalue weighted by molar-refractivity contribution is 0.409. The first-order valence-electron chi connectivity index (χ1n) is 6.52. The zero-order valence-electron chi connectivity index (χ0n) is 11.8. The molecule has 0 spiro atoms. The number of methoxy groups -OCH3 is 1. The molecule has 1 heterocycles. The van der Waals surface area contributed by atoms with Gasteiger partial charge in [0.15, 0.2) is 17.2 Å². The normalized spacial score (nSPS) is 11.2. The number of rotatable bonds is 4. The van der Waals surface area contributed by atoms with Crippen LogP contribution in [0.15, 0.2) is 39.6 Å². The molecule has 120 valence electrons. The maximum absolute atomic E-state index is 13.6. The maximum Gasteiger partial charge on any atom is 0.205 e. The first kappa shape index (κ1) is 15.7. The van der Waals surface area contributed by atoms with Gasteiger partial charge in [-0.2, -0.15) is 4.39 Å². The summed E-state index contributed by atoms with van der Waals surface area (Å²) >= 11 is 1.35. The highest BCUT2D eigenvalue weighted by Gasteiger charge is 2.23. The van der Waals surface area contributed by atoms with E-state index < -0.39 is 34.2 Å². The Morgan fingerprint density at radius 3 is 2.26 bits per heavy atom. The van der Waals surface area contributed by atoms with Crippen LogP contribution in [-0.2, 0) is 5.75 Å². The number of fused-ring (bicyclic) bond motifs is 1. The van der Waals surface area contributed by atoms with Gasteiger partial charge in [0.1, 0.15) is 11.5 Å². The third-order valence-electron chi connectivity index (χ3n) is 3.24. The van der Waals surface area contributed by atoms with Crippen LogP contribution in [0.5, 0.6) is 5.75 Å². The lowest BCUT2D eigenvalue weighted by Gasteiger charge is -2.02. The van der Waals surface area contributed by atoms with Crippen LogP contribution in [0.3, 0.4) is 0 Å². The van der Waals surface area contributed by atoms with Crippen molar-refractivity contribution in [1.29, 1.82) is 0 Å². The molecule has 0 fully saturated rings. The van der Waals surface area contributed by atoms with Gasteiger partial charge >= 0.3 is 0 Å². The number of hydrogen-bond acceptors (Lipinski definition) is 3. The molecule has 0 aliphatic heterocycles. The van der Waals surface area contributed by atoms with Gasteiger partial charge in [0.05, 0.1) is 18.2 Å². The highest BCUT2D eigenvalue weighted by molar-refractivity contribution is 7.98. The molecule has 0 unspecified atom stereocenters. The smallest absolute Gasteiger partial charge is 0.205 e. The Labute approximate surface area is 133 Å². The first-order chi connectivity index (χ1) is 11.0. The van der Waals surface area contributed by atoms with Crippen LogP contribution in [0.1, 0.15) is 5.76 Å². The lowest BCUT2D eigenvalue weighted by atomic mass is 10.2. The van der Waals surface area contributed by atoms with E-state index in [1.54, 1.807) is 19.2 Å². The first-order valence-corrected chi connectivity index (χ1v) is 7.51. The summed E-state index contributed by atoms with van der Waals surface area (Å²) in [6.45, 7) is 0. The standard InChI is InChI=1S/C16H10F4O2S/c1-21-8-2-4-10(5-3-8)23-7-9-6-11-12(17)13(18)14(19)15(20)16(11)22-9/h2-6H,7H2,1H3. The lowest BCUT2D eigenvalue weighted by Crippen LogP contribution is -1.95. The Balaban J connectivity index is 1.86. The van der Waals surface area contributed by atoms with Crippen molar-refractivity contribution in [2.45, 2.75) is 10.6 Å². The Kier molecular flexibility index (Phi) is 4.21. The van der Waals surface area contributed by atoms with Gasteiger partial charge in [-0.3, -0.25) is 0 Å². The molecule has 0 bridgehead atoms. The van der Waals surface area contributed by atoms with Crippen molar-refractivity contribution in [3.8, 4) is 5.75 Å². The van der Waals surface area contributed by atoms with Crippen LogP contribution in [-0.4, -0.2) is 7.11 Å². The van der Waals surface area contributed by atoms with E-state index in [9.17, 15) is 17.6 Å². The predicted molar refractivity (Wildman–Crippen MR) is 78.6 cm³/mol. The second-order valence-corrected chi connectivity index (χ2v) is 5.72. The zero-order chi connectivity index (χ0) is 16.6. The van der Waals surface area contributed by atoms with Crippen LogP contribution >= 0.6 is 11.8 Å². The van der Waals surface area contributed by atoms with E-state index in [0.29, 0.717) is 5.75 Å². The summed E-state index contributed by atoms with van der Waals surface area (Å²) in [5, 5.41) is -0.410. The van der Waals surface area contributed by atoms with Crippen LogP contribution in [0.2, 0.25) is 0 Å². The van der Waals surface area contributed by atoms with E-state index in [0.717, 1.165) is 4.90 Å². The van der Waals surface area contributed by atoms with Gasteiger partial charge in [0.2, 0.25) is 11.6 Å². The van der Waals surface area contributed by atoms with E-state index in [1.807, 2.05) is 12.1 Å². The Morgan fingerprint density at radius 1 is 0.957 bits per heavy atom. The second kappa shape index (κ2) is 6.16. The Hall–Kier alpha value is -2.15. The van der Waals surface area contributed by atoms with E-state index in [2.05, 4.69) is 0 Å². The summed E-state index contributed by atoms with van der Waals surface area (Å²) in [6.07, 6.45) is 0. The molecule has 0 saturated carbocycles. The fraction of sp³-hybridized carbons (Fsp3) is 0.125. The van der Waals surface area contributed by atoms with Crippen LogP contribution in [0, 0.1) is 23.3 Å². The molecule has 2 aromatic carbocycles. The molecule has 3 aromatic rings. The average molecular weight is 342 g/mol. The topological polar surface area (TPSA) is 22.4 Å². The van der Waals surface area contributed by atoms with Crippen molar-refractivity contribution < 1.29 is 26.7 Å². The van der Waals surface area contributed by atoms with Gasteiger partial charge in [0.25, 0.3) is 0 Å². The Morgan fingerprint density at radius 2 is 1.61 bits per heavy atom. The molecule has 0 radical (unpaired) electrons. The molecule has 0 N–H and O–H groups in total. The van der Waals surface area contributed by atoms with Gasteiger partial charge in [-0.1, -0.05) is 0 Å². The highest BCUT2D eigenvalue weighted by atomic mass is 32.2. The van der Waals surface area contributed by atoms with Crippen molar-refractivity contribution in [1.82, 2.24) is 0 Å². The van der Waals surface area contributed by atoms with E-state index in [-0.39, 0.29) is 11.5 Å². The van der Waals surface area contributed by atoms with E-state index >= 15 is 0 Å². The van der Waals surface area contributed by atoms with Crippen molar-refractivity contribution in [2.24, 2.45) is 0 Å². The molecule has 0 aliphatic carbocycles. The largest absolute Gasteiger partial charge is 0.497 e. The SMILES string of the molecule is COc1ccc(SCc2cc3c(F)c(F)c(F)c(F)c3o2)cc1. The van der Waals surface area contributed by atoms with Crippen molar-refractivity contribution >= 4 is 22.7 Å². The van der Waals surface area contributed by atoms with E-state index in [4.69, 9.17) is 9.15 Å². The van der Waals surface area contributed by atoms with Gasteiger partial charge in [0, 0.05) is 4.90 Å². The summed E-state index contributed by atoms with van der Waals surface area (Å²) in [4.78, 5) is 0.879. The summed E-state index contributed by atoms with van der Waals surface area (Å²) < 4.78 is 63.8. The second-order valence-electron chi connectivity index (χ2n) is 4.68. The molecular formula is C16H10F4O2S. The Bertz CT molecular complexity index is 814. The third kappa shape index (κ3) is 2.88. The molecule has 2 nitrogen and oxygen atoms in total. The van der Waals surface area contributed by atoms with Crippen molar-refractivity contribution in [3.05, 3.63) is 59.4 Å². The number of ether oxygens (including phenoxy) is 1. The minimum absolute atomic E-state index is 0.212. The number of halogens is 4. The molecule has 0 amide bonds. The molecule has 3 rings (SSSR count).